The van der Waals surface area contributed by atoms with E-state index < -0.39 is 22.0 Å². The minimum absolute atomic E-state index is 0.124. The van der Waals surface area contributed by atoms with Crippen molar-refractivity contribution in [3.8, 4) is 6.07 Å². The van der Waals surface area contributed by atoms with Gasteiger partial charge in [0.1, 0.15) is 10.9 Å². The maximum Gasteiger partial charge on any atom is 0.321 e. The van der Waals surface area contributed by atoms with Crippen LogP contribution in [-0.2, 0) is 14.8 Å². The molecule has 6 nitrogen and oxygen atoms in total. The predicted molar refractivity (Wildman–Crippen MR) is 77.4 cm³/mol. The van der Waals surface area contributed by atoms with Crippen molar-refractivity contribution >= 4 is 27.6 Å². The average molecular weight is 331 g/mol. The lowest BCUT2D eigenvalue weighted by Gasteiger charge is -2.15. The number of halogens is 1. The molecule has 1 atom stereocenters. The molecule has 0 aromatic heterocycles. The molecular formula is C13H15ClN2O4S. The van der Waals surface area contributed by atoms with Crippen molar-refractivity contribution in [2.24, 2.45) is 0 Å². The highest BCUT2D eigenvalue weighted by molar-refractivity contribution is 7.89. The summed E-state index contributed by atoms with van der Waals surface area (Å²) < 4.78 is 26.5. The van der Waals surface area contributed by atoms with Crippen molar-refractivity contribution < 1.29 is 18.3 Å². The molecule has 21 heavy (non-hydrogen) atoms. The van der Waals surface area contributed by atoms with Gasteiger partial charge in [-0.25, -0.2) is 8.42 Å². The molecule has 0 radical (unpaired) electrons. The predicted octanol–water partition coefficient (Wildman–Crippen LogP) is 2.13. The number of sulfonamides is 1. The lowest BCUT2D eigenvalue weighted by molar-refractivity contribution is -0.139. The molecular weight excluding hydrogens is 316 g/mol. The first-order valence-electron chi connectivity index (χ1n) is 6.26. The Hall–Kier alpha value is -1.62. The van der Waals surface area contributed by atoms with Gasteiger partial charge < -0.3 is 5.11 Å². The van der Waals surface area contributed by atoms with Gasteiger partial charge >= 0.3 is 5.97 Å². The molecule has 0 bridgehead atoms. The fourth-order valence-corrected chi connectivity index (χ4v) is 3.45. The second-order valence-corrected chi connectivity index (χ2v) is 6.50. The third-order valence-corrected chi connectivity index (χ3v) is 4.75. The number of rotatable bonds is 7. The van der Waals surface area contributed by atoms with Crippen molar-refractivity contribution in [2.45, 2.75) is 37.1 Å². The highest BCUT2D eigenvalue weighted by Gasteiger charge is 2.26. The number of hydrogen-bond donors (Lipinski definition) is 2. The number of nitriles is 1. The second-order valence-electron chi connectivity index (χ2n) is 4.41. The first-order chi connectivity index (χ1) is 9.81. The Bertz CT molecular complexity index is 667. The monoisotopic (exact) mass is 330 g/mol. The van der Waals surface area contributed by atoms with Gasteiger partial charge in [0.25, 0.3) is 0 Å². The molecule has 0 aliphatic rings. The molecule has 0 aliphatic carbocycles. The molecule has 8 heteroatoms. The van der Waals surface area contributed by atoms with Crippen LogP contribution in [0.3, 0.4) is 0 Å². The second kappa shape index (κ2) is 7.41. The fourth-order valence-electron chi connectivity index (χ4n) is 1.68. The molecule has 0 fully saturated rings. The quantitative estimate of drug-likeness (QED) is 0.796. The van der Waals surface area contributed by atoms with Gasteiger partial charge in [0, 0.05) is 0 Å². The number of carbonyl (C=O) groups is 1. The molecule has 114 valence electrons. The van der Waals surface area contributed by atoms with E-state index >= 15 is 0 Å². The summed E-state index contributed by atoms with van der Waals surface area (Å²) in [4.78, 5) is 10.9. The summed E-state index contributed by atoms with van der Waals surface area (Å²) in [5, 5.41) is 17.7. The summed E-state index contributed by atoms with van der Waals surface area (Å²) >= 11 is 5.84. The molecule has 0 saturated carbocycles. The van der Waals surface area contributed by atoms with Crippen molar-refractivity contribution in [3.63, 3.8) is 0 Å². The van der Waals surface area contributed by atoms with Gasteiger partial charge in [-0.15, -0.1) is 0 Å². The molecule has 1 rings (SSSR count). The zero-order valence-corrected chi connectivity index (χ0v) is 12.9. The summed E-state index contributed by atoms with van der Waals surface area (Å²) in [5.41, 5.74) is 0.222. The summed E-state index contributed by atoms with van der Waals surface area (Å²) in [7, 11) is -4.06. The van der Waals surface area contributed by atoms with E-state index in [9.17, 15) is 13.2 Å². The van der Waals surface area contributed by atoms with Crippen LogP contribution in [0.4, 0.5) is 0 Å². The van der Waals surface area contributed by atoms with E-state index in [1.165, 1.54) is 18.2 Å². The summed E-state index contributed by atoms with van der Waals surface area (Å²) in [6, 6.07) is 4.34. The Kier molecular flexibility index (Phi) is 6.15. The summed E-state index contributed by atoms with van der Waals surface area (Å²) in [5.74, 6) is -1.24. The number of unbranched alkanes of at least 4 members (excludes halogenated alkanes) is 1. The van der Waals surface area contributed by atoms with Crippen LogP contribution in [0.5, 0.6) is 0 Å². The van der Waals surface area contributed by atoms with Gasteiger partial charge in [0.15, 0.2) is 0 Å². The van der Waals surface area contributed by atoms with Crippen molar-refractivity contribution in [2.75, 3.05) is 0 Å². The molecule has 0 spiro atoms. The zero-order chi connectivity index (χ0) is 16.0. The van der Waals surface area contributed by atoms with Crippen molar-refractivity contribution in [3.05, 3.63) is 28.8 Å². The van der Waals surface area contributed by atoms with Crippen LogP contribution in [0.25, 0.3) is 0 Å². The van der Waals surface area contributed by atoms with E-state index in [0.717, 1.165) is 6.42 Å². The number of nitrogens with one attached hydrogen (secondary N) is 1. The van der Waals surface area contributed by atoms with E-state index in [2.05, 4.69) is 4.72 Å². The Morgan fingerprint density at radius 1 is 1.52 bits per heavy atom. The number of nitrogens with zero attached hydrogens (tertiary/aromatic N) is 1. The SMILES string of the molecule is CCCC[C@H](NS(=O)(=O)c1ccc(C#N)cc1Cl)C(=O)O. The van der Waals surface area contributed by atoms with Gasteiger partial charge in [-0.1, -0.05) is 31.4 Å². The van der Waals surface area contributed by atoms with Gasteiger partial charge in [0.2, 0.25) is 10.0 Å². The molecule has 0 amide bonds. The van der Waals surface area contributed by atoms with E-state index in [0.29, 0.717) is 6.42 Å². The van der Waals surface area contributed by atoms with E-state index in [1.54, 1.807) is 0 Å². The minimum Gasteiger partial charge on any atom is -0.480 e. The van der Waals surface area contributed by atoms with Crippen molar-refractivity contribution in [1.29, 1.82) is 5.26 Å². The van der Waals surface area contributed by atoms with Gasteiger partial charge in [-0.3, -0.25) is 4.79 Å². The van der Waals surface area contributed by atoms with Crippen LogP contribution in [0, 0.1) is 11.3 Å². The number of aliphatic carboxylic acids is 1. The van der Waals surface area contributed by atoms with Crippen LogP contribution in [0.15, 0.2) is 23.1 Å². The fraction of sp³-hybridized carbons (Fsp3) is 0.385. The molecule has 0 saturated heterocycles. The Morgan fingerprint density at radius 2 is 2.19 bits per heavy atom. The maximum atomic E-state index is 12.2. The largest absolute Gasteiger partial charge is 0.480 e. The maximum absolute atomic E-state index is 12.2. The Balaban J connectivity index is 3.05. The first kappa shape index (κ1) is 17.4. The van der Waals surface area contributed by atoms with Crippen LogP contribution >= 0.6 is 11.6 Å². The molecule has 0 aliphatic heterocycles. The number of benzene rings is 1. The minimum atomic E-state index is -4.06. The molecule has 0 unspecified atom stereocenters. The number of hydrogen-bond acceptors (Lipinski definition) is 4. The first-order valence-corrected chi connectivity index (χ1v) is 8.12. The molecule has 1 aromatic carbocycles. The highest BCUT2D eigenvalue weighted by atomic mass is 35.5. The summed E-state index contributed by atoms with van der Waals surface area (Å²) in [6.45, 7) is 1.88. The molecule has 2 N–H and O–H groups in total. The highest BCUT2D eigenvalue weighted by Crippen LogP contribution is 2.23. The van der Waals surface area contributed by atoms with Crippen LogP contribution < -0.4 is 4.72 Å². The number of carboxylic acids is 1. The normalized spacial score (nSPS) is 12.6. The lowest BCUT2D eigenvalue weighted by atomic mass is 10.1. The molecule has 1 aromatic rings. The van der Waals surface area contributed by atoms with Gasteiger partial charge in [0.05, 0.1) is 16.7 Å². The van der Waals surface area contributed by atoms with Gasteiger partial charge in [-0.05, 0) is 24.6 Å². The van der Waals surface area contributed by atoms with Gasteiger partial charge in [-0.2, -0.15) is 9.98 Å². The topological polar surface area (TPSA) is 107 Å². The third kappa shape index (κ3) is 4.70. The van der Waals surface area contributed by atoms with E-state index in [4.69, 9.17) is 22.0 Å². The lowest BCUT2D eigenvalue weighted by Crippen LogP contribution is -2.40. The van der Waals surface area contributed by atoms with E-state index in [1.807, 2.05) is 13.0 Å². The number of carboxylic acid groups (broad SMARTS) is 1. The van der Waals surface area contributed by atoms with E-state index in [-0.39, 0.29) is 21.9 Å². The molecule has 0 heterocycles. The Labute approximate surface area is 128 Å². The van der Waals surface area contributed by atoms with Crippen LogP contribution in [-0.4, -0.2) is 25.5 Å². The third-order valence-electron chi connectivity index (χ3n) is 2.79. The Morgan fingerprint density at radius 3 is 2.67 bits per heavy atom. The zero-order valence-electron chi connectivity index (χ0n) is 11.3. The smallest absolute Gasteiger partial charge is 0.321 e. The standard InChI is InChI=1S/C13H15ClN2O4S/c1-2-3-4-11(13(17)18)16-21(19,20)12-6-5-9(8-15)7-10(12)14/h5-7,11,16H,2-4H2,1H3,(H,17,18)/t11-/m0/s1. The van der Waals surface area contributed by atoms with Crippen LogP contribution in [0.2, 0.25) is 5.02 Å². The average Bonchev–Trinajstić information content (AvgIpc) is 2.42. The van der Waals surface area contributed by atoms with Crippen LogP contribution in [0.1, 0.15) is 31.7 Å². The summed E-state index contributed by atoms with van der Waals surface area (Å²) in [6.07, 6.45) is 1.53. The van der Waals surface area contributed by atoms with Crippen molar-refractivity contribution in [1.82, 2.24) is 4.72 Å².